The van der Waals surface area contributed by atoms with E-state index in [1.54, 1.807) is 6.92 Å². The lowest BCUT2D eigenvalue weighted by molar-refractivity contribution is -0.128. The third kappa shape index (κ3) is 20.7. The molecule has 0 aromatic heterocycles. The fourth-order valence-corrected chi connectivity index (χ4v) is 2.47. The highest BCUT2D eigenvalue weighted by Crippen LogP contribution is 2.04. The average Bonchev–Trinajstić information content (AvgIpc) is 2.78. The number of amides is 2. The second kappa shape index (κ2) is 22.1. The lowest BCUT2D eigenvalue weighted by Crippen LogP contribution is -2.42. The van der Waals surface area contributed by atoms with E-state index in [9.17, 15) is 18.8 Å². The van der Waals surface area contributed by atoms with Gasteiger partial charge in [0.2, 0.25) is 5.91 Å². The number of ether oxygens (including phenoxy) is 5. The quantitative estimate of drug-likeness (QED) is 0.205. The van der Waals surface area contributed by atoms with E-state index in [2.05, 4.69) is 10.6 Å². The summed E-state index contributed by atoms with van der Waals surface area (Å²) in [7, 11) is 0. The first-order valence-electron chi connectivity index (χ1n) is 11.5. The van der Waals surface area contributed by atoms with Gasteiger partial charge in [0, 0.05) is 12.5 Å². The topological polar surface area (TPSA) is 121 Å². The highest BCUT2D eigenvalue weighted by atomic mass is 19.1. The zero-order chi connectivity index (χ0) is 24.7. The molecule has 194 valence electrons. The number of hydrogen-bond acceptors (Lipinski definition) is 8. The van der Waals surface area contributed by atoms with Crippen LogP contribution in [0.5, 0.6) is 0 Å². The van der Waals surface area contributed by atoms with Crippen LogP contribution in [0.25, 0.3) is 0 Å². The van der Waals surface area contributed by atoms with Crippen molar-refractivity contribution in [3.05, 3.63) is 0 Å². The van der Waals surface area contributed by atoms with Gasteiger partial charge in [-0.3, -0.25) is 14.4 Å². The van der Waals surface area contributed by atoms with E-state index in [0.29, 0.717) is 52.9 Å². The molecule has 0 aromatic rings. The van der Waals surface area contributed by atoms with Crippen LogP contribution in [0.1, 0.15) is 33.6 Å². The zero-order valence-corrected chi connectivity index (χ0v) is 20.2. The van der Waals surface area contributed by atoms with Gasteiger partial charge in [-0.25, -0.2) is 4.39 Å². The number of halogens is 1. The van der Waals surface area contributed by atoms with Gasteiger partial charge >= 0.3 is 0 Å². The van der Waals surface area contributed by atoms with Crippen LogP contribution >= 0.6 is 0 Å². The predicted molar refractivity (Wildman–Crippen MR) is 120 cm³/mol. The third-order valence-electron chi connectivity index (χ3n) is 4.25. The van der Waals surface area contributed by atoms with Crippen LogP contribution < -0.4 is 10.6 Å². The van der Waals surface area contributed by atoms with Crippen molar-refractivity contribution < 1.29 is 42.5 Å². The van der Waals surface area contributed by atoms with Gasteiger partial charge in [-0.15, -0.1) is 0 Å². The lowest BCUT2D eigenvalue weighted by Gasteiger charge is -2.13. The maximum Gasteiger partial charge on any atom is 0.256 e. The monoisotopic (exact) mass is 480 g/mol. The molecule has 10 nitrogen and oxygen atoms in total. The van der Waals surface area contributed by atoms with Crippen LogP contribution in [0.4, 0.5) is 4.39 Å². The molecule has 2 unspecified atom stereocenters. The van der Waals surface area contributed by atoms with E-state index in [1.165, 1.54) is 6.92 Å². The molecular formula is C22H41FN2O8. The Kier molecular flexibility index (Phi) is 21.0. The Labute approximate surface area is 196 Å². The first-order chi connectivity index (χ1) is 15.9. The number of carbonyl (C=O) groups is 3. The first-order valence-corrected chi connectivity index (χ1v) is 11.5. The van der Waals surface area contributed by atoms with Crippen LogP contribution in [0.2, 0.25) is 0 Å². The second-order valence-corrected chi connectivity index (χ2v) is 7.40. The minimum absolute atomic E-state index is 0.0172. The summed E-state index contributed by atoms with van der Waals surface area (Å²) in [6.07, 6.45) is -0.208. The number of nitrogens with one attached hydrogen (secondary N) is 2. The van der Waals surface area contributed by atoms with E-state index in [1.807, 2.05) is 6.92 Å². The van der Waals surface area contributed by atoms with E-state index < -0.39 is 12.1 Å². The van der Waals surface area contributed by atoms with E-state index >= 15 is 0 Å². The molecule has 2 N–H and O–H groups in total. The summed E-state index contributed by atoms with van der Waals surface area (Å²) < 4.78 is 40.1. The third-order valence-corrected chi connectivity index (χ3v) is 4.25. The SMILES string of the molecule is CCCC(C)C(=O)NCC(F)C(=O)NCCOCCOCCOCCOCCOCC(C)=O. The average molecular weight is 481 g/mol. The van der Waals surface area contributed by atoms with Crippen LogP contribution in [-0.2, 0) is 38.1 Å². The predicted octanol–water partition coefficient (Wildman–Crippen LogP) is 0.665. The van der Waals surface area contributed by atoms with Crippen molar-refractivity contribution >= 4 is 17.6 Å². The Morgan fingerprint density at radius 1 is 0.758 bits per heavy atom. The zero-order valence-electron chi connectivity index (χ0n) is 20.2. The van der Waals surface area contributed by atoms with Crippen molar-refractivity contribution in [3.8, 4) is 0 Å². The van der Waals surface area contributed by atoms with Gasteiger partial charge in [0.05, 0.1) is 66.0 Å². The summed E-state index contributed by atoms with van der Waals surface area (Å²) in [5.74, 6) is -1.24. The van der Waals surface area contributed by atoms with Crippen LogP contribution in [-0.4, -0.2) is 103 Å². The molecule has 0 fully saturated rings. The highest BCUT2D eigenvalue weighted by molar-refractivity contribution is 5.83. The van der Waals surface area contributed by atoms with Gasteiger partial charge in [0.25, 0.3) is 5.91 Å². The largest absolute Gasteiger partial charge is 0.377 e. The Morgan fingerprint density at radius 3 is 1.73 bits per heavy atom. The summed E-state index contributed by atoms with van der Waals surface area (Å²) in [5.41, 5.74) is 0. The fraction of sp³-hybridized carbons (Fsp3) is 0.864. The van der Waals surface area contributed by atoms with Crippen molar-refractivity contribution in [2.75, 3.05) is 79.2 Å². The van der Waals surface area contributed by atoms with Crippen LogP contribution in [0, 0.1) is 5.92 Å². The summed E-state index contributed by atoms with van der Waals surface area (Å²) in [4.78, 5) is 34.1. The van der Waals surface area contributed by atoms with Crippen molar-refractivity contribution in [1.82, 2.24) is 10.6 Å². The molecule has 0 radical (unpaired) electrons. The van der Waals surface area contributed by atoms with Gasteiger partial charge in [-0.2, -0.15) is 0 Å². The van der Waals surface area contributed by atoms with Crippen LogP contribution in [0.15, 0.2) is 0 Å². The molecule has 0 rings (SSSR count). The number of carbonyl (C=O) groups excluding carboxylic acids is 3. The Balaban J connectivity index is 3.39. The molecule has 0 aromatic carbocycles. The van der Waals surface area contributed by atoms with Crippen molar-refractivity contribution in [2.45, 2.75) is 39.8 Å². The molecule has 33 heavy (non-hydrogen) atoms. The normalized spacial score (nSPS) is 12.8. The summed E-state index contributed by atoms with van der Waals surface area (Å²) >= 11 is 0. The van der Waals surface area contributed by atoms with Crippen molar-refractivity contribution in [2.24, 2.45) is 5.92 Å². The molecule has 2 amide bonds. The van der Waals surface area contributed by atoms with Gasteiger partial charge < -0.3 is 34.3 Å². The van der Waals surface area contributed by atoms with Crippen molar-refractivity contribution in [1.29, 1.82) is 0 Å². The molecule has 11 heteroatoms. The molecule has 0 spiro atoms. The van der Waals surface area contributed by atoms with Crippen molar-refractivity contribution in [3.63, 3.8) is 0 Å². The van der Waals surface area contributed by atoms with Gasteiger partial charge in [-0.05, 0) is 13.3 Å². The highest BCUT2D eigenvalue weighted by Gasteiger charge is 2.19. The van der Waals surface area contributed by atoms with E-state index in [4.69, 9.17) is 23.7 Å². The van der Waals surface area contributed by atoms with Gasteiger partial charge in [0.15, 0.2) is 12.0 Å². The summed E-state index contributed by atoms with van der Waals surface area (Å²) in [5, 5.41) is 4.88. The Hall–Kier alpha value is -1.66. The molecule has 0 aliphatic carbocycles. The standard InChI is InChI=1S/C22H41FN2O8/c1-4-5-18(2)21(27)25-16-20(23)22(28)24-6-7-29-8-9-30-10-11-31-12-13-32-14-15-33-17-19(3)26/h18,20H,4-17H2,1-3H3,(H,24,28)(H,25,27). The minimum atomic E-state index is -1.79. The Morgan fingerprint density at radius 2 is 1.24 bits per heavy atom. The fourth-order valence-electron chi connectivity index (χ4n) is 2.47. The van der Waals surface area contributed by atoms with Gasteiger partial charge in [-0.1, -0.05) is 20.3 Å². The smallest absolute Gasteiger partial charge is 0.256 e. The first kappa shape index (κ1) is 31.3. The number of hydrogen-bond donors (Lipinski definition) is 2. The maximum atomic E-state index is 13.8. The lowest BCUT2D eigenvalue weighted by atomic mass is 10.1. The summed E-state index contributed by atoms with van der Waals surface area (Å²) in [6.45, 7) is 8.56. The second-order valence-electron chi connectivity index (χ2n) is 7.40. The minimum Gasteiger partial charge on any atom is -0.377 e. The molecule has 0 aliphatic rings. The number of rotatable bonds is 23. The molecule has 0 aliphatic heterocycles. The van der Waals surface area contributed by atoms with Gasteiger partial charge in [0.1, 0.15) is 6.61 Å². The molecule has 2 atom stereocenters. The molecule has 0 saturated heterocycles. The molecule has 0 bridgehead atoms. The van der Waals surface area contributed by atoms with E-state index in [0.717, 1.165) is 12.8 Å². The number of Topliss-reactive ketones (excluding diaryl/α,β-unsaturated/α-hetero) is 1. The number of alkyl halides is 1. The molecule has 0 heterocycles. The molecular weight excluding hydrogens is 439 g/mol. The summed E-state index contributed by atoms with van der Waals surface area (Å²) in [6, 6.07) is 0. The Bertz CT molecular complexity index is 525. The van der Waals surface area contributed by atoms with Crippen LogP contribution in [0.3, 0.4) is 0 Å². The maximum absolute atomic E-state index is 13.8. The van der Waals surface area contributed by atoms with E-state index in [-0.39, 0.29) is 43.9 Å². The number of ketones is 1. The molecule has 0 saturated carbocycles.